The predicted octanol–water partition coefficient (Wildman–Crippen LogP) is 1.52. The summed E-state index contributed by atoms with van der Waals surface area (Å²) in [5.41, 5.74) is 1.31. The first-order chi connectivity index (χ1) is 7.57. The quantitative estimate of drug-likeness (QED) is 0.749. The van der Waals surface area contributed by atoms with Gasteiger partial charge in [-0.3, -0.25) is 0 Å². The lowest BCUT2D eigenvalue weighted by Crippen LogP contribution is -2.35. The van der Waals surface area contributed by atoms with Crippen LogP contribution in [0, 0.1) is 5.82 Å². The third-order valence-electron chi connectivity index (χ3n) is 3.43. The van der Waals surface area contributed by atoms with Crippen molar-refractivity contribution < 1.29 is 12.8 Å². The van der Waals surface area contributed by atoms with Crippen molar-refractivity contribution in [2.45, 2.75) is 18.4 Å². The maximum Gasteiger partial charge on any atom is 0.151 e. The van der Waals surface area contributed by atoms with Crippen LogP contribution in [0.3, 0.4) is 0 Å². The highest BCUT2D eigenvalue weighted by molar-refractivity contribution is 7.91. The number of anilines is 1. The van der Waals surface area contributed by atoms with Gasteiger partial charge in [-0.2, -0.15) is 0 Å². The number of fused-ring (bicyclic) bond motifs is 3. The van der Waals surface area contributed by atoms with Crippen molar-refractivity contribution in [2.24, 2.45) is 0 Å². The zero-order chi connectivity index (χ0) is 11.3. The van der Waals surface area contributed by atoms with Gasteiger partial charge in [0.15, 0.2) is 9.84 Å². The third-order valence-corrected chi connectivity index (χ3v) is 5.16. The lowest BCUT2D eigenvalue weighted by atomic mass is 9.95. The maximum atomic E-state index is 13.5. The summed E-state index contributed by atoms with van der Waals surface area (Å²) in [4.78, 5) is 0. The lowest BCUT2D eigenvalue weighted by molar-refractivity contribution is 0.539. The first-order valence-electron chi connectivity index (χ1n) is 5.32. The van der Waals surface area contributed by atoms with E-state index in [1.165, 1.54) is 6.07 Å². The molecule has 0 saturated carbocycles. The van der Waals surface area contributed by atoms with Crippen LogP contribution < -0.4 is 5.32 Å². The predicted molar refractivity (Wildman–Crippen MR) is 59.8 cm³/mol. The van der Waals surface area contributed by atoms with Crippen molar-refractivity contribution in [3.05, 3.63) is 29.6 Å². The molecule has 86 valence electrons. The number of halogens is 1. The molecule has 0 radical (unpaired) electrons. The van der Waals surface area contributed by atoms with Crippen LogP contribution in [0.15, 0.2) is 18.2 Å². The van der Waals surface area contributed by atoms with Gasteiger partial charge in [-0.25, -0.2) is 12.8 Å². The average Bonchev–Trinajstić information content (AvgIpc) is 2.57. The van der Waals surface area contributed by atoms with Crippen LogP contribution in [0.5, 0.6) is 0 Å². The third kappa shape index (κ3) is 1.42. The minimum absolute atomic E-state index is 0.0791. The van der Waals surface area contributed by atoms with Gasteiger partial charge in [0.25, 0.3) is 0 Å². The monoisotopic (exact) mass is 241 g/mol. The fourth-order valence-corrected chi connectivity index (χ4v) is 4.39. The number of hydrogen-bond acceptors (Lipinski definition) is 3. The molecule has 1 aromatic rings. The zero-order valence-corrected chi connectivity index (χ0v) is 9.43. The van der Waals surface area contributed by atoms with E-state index in [1.54, 1.807) is 6.07 Å². The van der Waals surface area contributed by atoms with E-state index in [2.05, 4.69) is 5.32 Å². The molecular weight excluding hydrogens is 229 g/mol. The molecule has 0 spiro atoms. The second kappa shape index (κ2) is 3.20. The van der Waals surface area contributed by atoms with Gasteiger partial charge in [0, 0.05) is 12.0 Å². The summed E-state index contributed by atoms with van der Waals surface area (Å²) >= 11 is 0. The van der Waals surface area contributed by atoms with E-state index in [0.717, 1.165) is 5.56 Å². The Morgan fingerprint density at radius 2 is 2.19 bits per heavy atom. The van der Waals surface area contributed by atoms with E-state index in [0.29, 0.717) is 12.1 Å². The lowest BCUT2D eigenvalue weighted by Gasteiger charge is -2.25. The van der Waals surface area contributed by atoms with Crippen molar-refractivity contribution in [1.29, 1.82) is 0 Å². The molecule has 16 heavy (non-hydrogen) atoms. The number of hydrogen-bond donors (Lipinski definition) is 1. The average molecular weight is 241 g/mol. The van der Waals surface area contributed by atoms with Crippen molar-refractivity contribution in [3.8, 4) is 0 Å². The molecule has 1 aromatic carbocycles. The molecule has 3 rings (SSSR count). The van der Waals surface area contributed by atoms with Crippen molar-refractivity contribution in [3.63, 3.8) is 0 Å². The Morgan fingerprint density at radius 1 is 1.38 bits per heavy atom. The highest BCUT2D eigenvalue weighted by atomic mass is 32.2. The van der Waals surface area contributed by atoms with Crippen LogP contribution in [0.1, 0.15) is 17.9 Å². The number of benzene rings is 1. The van der Waals surface area contributed by atoms with Gasteiger partial charge in [-0.05, 0) is 18.1 Å². The van der Waals surface area contributed by atoms with Gasteiger partial charge in [-0.15, -0.1) is 0 Å². The molecule has 1 saturated heterocycles. The van der Waals surface area contributed by atoms with E-state index in [1.807, 2.05) is 6.07 Å². The number of para-hydroxylation sites is 1. The zero-order valence-electron chi connectivity index (χ0n) is 8.61. The SMILES string of the molecule is O=S1(=O)CCC2Nc3c(F)cccc3C2C1. The van der Waals surface area contributed by atoms with Crippen LogP contribution >= 0.6 is 0 Å². The minimum Gasteiger partial charge on any atom is -0.379 e. The standard InChI is InChI=1S/C11H12FNO2S/c12-9-3-1-2-7-8-6-16(14,15)5-4-10(8)13-11(7)9/h1-3,8,10,13H,4-6H2. The van der Waals surface area contributed by atoms with Crippen LogP contribution in [-0.4, -0.2) is 26.0 Å². The van der Waals surface area contributed by atoms with Gasteiger partial charge in [0.2, 0.25) is 0 Å². The van der Waals surface area contributed by atoms with Crippen molar-refractivity contribution in [2.75, 3.05) is 16.8 Å². The molecule has 1 fully saturated rings. The molecule has 2 heterocycles. The first kappa shape index (κ1) is 10.1. The van der Waals surface area contributed by atoms with Crippen LogP contribution in [0.4, 0.5) is 10.1 Å². The van der Waals surface area contributed by atoms with E-state index in [9.17, 15) is 12.8 Å². The Morgan fingerprint density at radius 3 is 3.00 bits per heavy atom. The molecular formula is C11H12FNO2S. The molecule has 2 unspecified atom stereocenters. The molecule has 2 aliphatic rings. The molecule has 0 bridgehead atoms. The number of sulfone groups is 1. The molecule has 5 heteroatoms. The van der Waals surface area contributed by atoms with Gasteiger partial charge in [-0.1, -0.05) is 12.1 Å². The van der Waals surface area contributed by atoms with Crippen LogP contribution in [0.25, 0.3) is 0 Å². The first-order valence-corrected chi connectivity index (χ1v) is 7.14. The van der Waals surface area contributed by atoms with Gasteiger partial charge in [0.05, 0.1) is 17.2 Å². The van der Waals surface area contributed by atoms with Gasteiger partial charge >= 0.3 is 0 Å². The second-order valence-corrected chi connectivity index (χ2v) is 6.69. The normalized spacial score (nSPS) is 30.3. The molecule has 0 aromatic heterocycles. The smallest absolute Gasteiger partial charge is 0.151 e. The summed E-state index contributed by atoms with van der Waals surface area (Å²) in [6, 6.07) is 4.93. The molecule has 2 aliphatic heterocycles. The molecule has 0 aliphatic carbocycles. The fraction of sp³-hybridized carbons (Fsp3) is 0.455. The summed E-state index contributed by atoms with van der Waals surface area (Å²) in [5.74, 6) is -0.0218. The van der Waals surface area contributed by atoms with Crippen molar-refractivity contribution in [1.82, 2.24) is 0 Å². The van der Waals surface area contributed by atoms with Gasteiger partial charge < -0.3 is 5.32 Å². The summed E-state index contributed by atoms with van der Waals surface area (Å²) < 4.78 is 36.6. The summed E-state index contributed by atoms with van der Waals surface area (Å²) in [6.45, 7) is 0. The second-order valence-electron chi connectivity index (χ2n) is 4.46. The maximum absolute atomic E-state index is 13.5. The van der Waals surface area contributed by atoms with E-state index in [4.69, 9.17) is 0 Å². The van der Waals surface area contributed by atoms with Crippen LogP contribution in [0.2, 0.25) is 0 Å². The Bertz CT molecular complexity index is 541. The van der Waals surface area contributed by atoms with Crippen LogP contribution in [-0.2, 0) is 9.84 Å². The molecule has 3 nitrogen and oxygen atoms in total. The highest BCUT2D eigenvalue weighted by Crippen LogP contribution is 2.41. The largest absolute Gasteiger partial charge is 0.379 e. The highest BCUT2D eigenvalue weighted by Gasteiger charge is 2.40. The Labute approximate surface area is 93.6 Å². The molecule has 0 amide bonds. The van der Waals surface area contributed by atoms with E-state index < -0.39 is 9.84 Å². The number of nitrogens with one attached hydrogen (secondary N) is 1. The van der Waals surface area contributed by atoms with Gasteiger partial charge in [0.1, 0.15) is 5.82 Å². The fourth-order valence-electron chi connectivity index (χ4n) is 2.65. The Hall–Kier alpha value is -1.10. The Kier molecular flexibility index (Phi) is 2.01. The number of rotatable bonds is 0. The summed E-state index contributed by atoms with van der Waals surface area (Å²) in [7, 11) is -2.95. The van der Waals surface area contributed by atoms with E-state index in [-0.39, 0.29) is 29.3 Å². The topological polar surface area (TPSA) is 46.2 Å². The molecule has 1 N–H and O–H groups in total. The minimum atomic E-state index is -2.95. The Balaban J connectivity index is 2.07. The van der Waals surface area contributed by atoms with Crippen molar-refractivity contribution >= 4 is 15.5 Å². The van der Waals surface area contributed by atoms with E-state index >= 15 is 0 Å². The molecule has 2 atom stereocenters. The summed E-state index contributed by atoms with van der Waals surface area (Å²) in [6.07, 6.45) is 0.571. The summed E-state index contributed by atoms with van der Waals surface area (Å²) in [5, 5.41) is 3.10.